The van der Waals surface area contributed by atoms with E-state index in [4.69, 9.17) is 19.0 Å². The first-order chi connectivity index (χ1) is 14.7. The van der Waals surface area contributed by atoms with E-state index in [-0.39, 0.29) is 34.6 Å². The van der Waals surface area contributed by atoms with Crippen LogP contribution in [0.2, 0.25) is 0 Å². The summed E-state index contributed by atoms with van der Waals surface area (Å²) in [5, 5.41) is 5.14. The van der Waals surface area contributed by atoms with Gasteiger partial charge in [0.15, 0.2) is 22.2 Å². The molecule has 1 aromatic heterocycles. The summed E-state index contributed by atoms with van der Waals surface area (Å²) in [5.41, 5.74) is 1.08. The van der Waals surface area contributed by atoms with Crippen LogP contribution in [-0.4, -0.2) is 33.1 Å². The molecule has 0 radical (unpaired) electrons. The van der Waals surface area contributed by atoms with Crippen molar-refractivity contribution in [2.24, 2.45) is 5.14 Å². The first kappa shape index (κ1) is 22.9. The summed E-state index contributed by atoms with van der Waals surface area (Å²) in [4.78, 5) is 15.4. The summed E-state index contributed by atoms with van der Waals surface area (Å²) in [6.45, 7) is 1.83. The fourth-order valence-corrected chi connectivity index (χ4v) is 3.61. The molecule has 0 aliphatic carbocycles. The molecule has 164 valence electrons. The quantitative estimate of drug-likeness (QED) is 0.377. The van der Waals surface area contributed by atoms with Gasteiger partial charge in [0.2, 0.25) is 15.9 Å². The Morgan fingerprint density at radius 1 is 1.23 bits per heavy atom. The summed E-state index contributed by atoms with van der Waals surface area (Å²) in [7, 11) is -2.53. The molecule has 0 aliphatic heterocycles. The third kappa shape index (κ3) is 4.94. The molecule has 0 fully saturated rings. The third-order valence-electron chi connectivity index (χ3n) is 4.22. The molecule has 0 amide bonds. The molecule has 1 unspecified atom stereocenters. The smallest absolute Gasteiger partial charge is 0.329 e. The standard InChI is InChI=1S/C20H18BrFN2O6S/c1-3-29-20(25)16(21)19-24-17(11-4-7-13(8-5-11)31(23,26)27)18(30-19)12-6-9-15(28-2)14(22)10-12/h4-10,16H,3H2,1-2H3,(H2,23,26,27). The first-order valence-electron chi connectivity index (χ1n) is 8.94. The van der Waals surface area contributed by atoms with E-state index < -0.39 is 26.6 Å². The monoisotopic (exact) mass is 512 g/mol. The van der Waals surface area contributed by atoms with Crippen LogP contribution in [0.1, 0.15) is 17.6 Å². The summed E-state index contributed by atoms with van der Waals surface area (Å²) in [5.74, 6) is -1.00. The average molecular weight is 513 g/mol. The van der Waals surface area contributed by atoms with Gasteiger partial charge in [-0.3, -0.25) is 4.79 Å². The normalized spacial score (nSPS) is 12.4. The number of nitrogens with zero attached hydrogens (tertiary/aromatic N) is 1. The number of nitrogens with two attached hydrogens (primary N) is 1. The van der Waals surface area contributed by atoms with Crippen LogP contribution in [0.15, 0.2) is 51.8 Å². The zero-order valence-corrected chi connectivity index (χ0v) is 18.9. The number of sulfonamides is 1. The van der Waals surface area contributed by atoms with E-state index in [2.05, 4.69) is 20.9 Å². The van der Waals surface area contributed by atoms with Crippen molar-refractivity contribution in [2.45, 2.75) is 16.6 Å². The Morgan fingerprint density at radius 3 is 2.42 bits per heavy atom. The number of carbonyl (C=O) groups is 1. The van der Waals surface area contributed by atoms with Crippen LogP contribution in [0.5, 0.6) is 5.75 Å². The molecule has 0 aliphatic rings. The van der Waals surface area contributed by atoms with Crippen LogP contribution in [0.4, 0.5) is 4.39 Å². The molecule has 2 aromatic carbocycles. The van der Waals surface area contributed by atoms with Crippen LogP contribution < -0.4 is 9.88 Å². The Labute approximate surface area is 186 Å². The predicted molar refractivity (Wildman–Crippen MR) is 114 cm³/mol. The van der Waals surface area contributed by atoms with E-state index in [1.165, 1.54) is 43.5 Å². The molecule has 2 N–H and O–H groups in total. The van der Waals surface area contributed by atoms with Crippen LogP contribution in [0, 0.1) is 5.82 Å². The van der Waals surface area contributed by atoms with Crippen LogP contribution in [0.3, 0.4) is 0 Å². The molecular formula is C20H18BrFN2O6S. The van der Waals surface area contributed by atoms with Crippen LogP contribution >= 0.6 is 15.9 Å². The minimum atomic E-state index is -3.88. The number of esters is 1. The van der Waals surface area contributed by atoms with E-state index >= 15 is 0 Å². The highest BCUT2D eigenvalue weighted by molar-refractivity contribution is 9.09. The number of benzene rings is 2. The van der Waals surface area contributed by atoms with Gasteiger partial charge >= 0.3 is 5.97 Å². The van der Waals surface area contributed by atoms with Gasteiger partial charge in [-0.05, 0) is 37.3 Å². The summed E-state index contributed by atoms with van der Waals surface area (Å²) in [6, 6.07) is 9.80. The van der Waals surface area contributed by atoms with Crippen molar-refractivity contribution in [3.63, 3.8) is 0 Å². The topological polar surface area (TPSA) is 122 Å². The van der Waals surface area contributed by atoms with Crippen molar-refractivity contribution in [2.75, 3.05) is 13.7 Å². The van der Waals surface area contributed by atoms with Gasteiger partial charge in [-0.25, -0.2) is 22.9 Å². The predicted octanol–water partition coefficient (Wildman–Crippen LogP) is 3.80. The minimum Gasteiger partial charge on any atom is -0.494 e. The molecule has 3 rings (SSSR count). The third-order valence-corrected chi connectivity index (χ3v) is 5.92. The maximum Gasteiger partial charge on any atom is 0.329 e. The zero-order chi connectivity index (χ0) is 22.8. The molecular weight excluding hydrogens is 495 g/mol. The minimum absolute atomic E-state index is 0.00445. The van der Waals surface area contributed by atoms with Gasteiger partial charge in [0.25, 0.3) is 0 Å². The molecule has 3 aromatic rings. The van der Waals surface area contributed by atoms with E-state index in [0.717, 1.165) is 0 Å². The highest BCUT2D eigenvalue weighted by atomic mass is 79.9. The van der Waals surface area contributed by atoms with Crippen molar-refractivity contribution in [1.29, 1.82) is 0 Å². The van der Waals surface area contributed by atoms with Gasteiger partial charge in [0.1, 0.15) is 5.69 Å². The first-order valence-corrected chi connectivity index (χ1v) is 11.4. The largest absolute Gasteiger partial charge is 0.494 e. The number of hydrogen-bond acceptors (Lipinski definition) is 7. The number of alkyl halides is 1. The van der Waals surface area contributed by atoms with Gasteiger partial charge in [-0.2, -0.15) is 0 Å². The Bertz CT molecular complexity index is 1210. The van der Waals surface area contributed by atoms with Crippen molar-refractivity contribution in [1.82, 2.24) is 4.98 Å². The Balaban J connectivity index is 2.14. The lowest BCUT2D eigenvalue weighted by molar-refractivity contribution is -0.142. The number of oxazole rings is 1. The lowest BCUT2D eigenvalue weighted by Gasteiger charge is -2.06. The lowest BCUT2D eigenvalue weighted by Crippen LogP contribution is -2.11. The number of methoxy groups -OCH3 is 1. The number of hydrogen-bond donors (Lipinski definition) is 1. The van der Waals surface area contributed by atoms with E-state index in [9.17, 15) is 17.6 Å². The zero-order valence-electron chi connectivity index (χ0n) is 16.5. The molecule has 0 saturated heterocycles. The van der Waals surface area contributed by atoms with Crippen molar-refractivity contribution < 1.29 is 31.5 Å². The van der Waals surface area contributed by atoms with E-state index in [0.29, 0.717) is 11.1 Å². The van der Waals surface area contributed by atoms with Gasteiger partial charge < -0.3 is 13.9 Å². The number of primary sulfonamides is 1. The van der Waals surface area contributed by atoms with Gasteiger partial charge in [0, 0.05) is 11.1 Å². The number of halogens is 2. The SMILES string of the molecule is CCOC(=O)C(Br)c1nc(-c2ccc(S(N)(=O)=O)cc2)c(-c2ccc(OC)c(F)c2)o1. The number of ether oxygens (including phenoxy) is 2. The second-order valence-electron chi connectivity index (χ2n) is 6.26. The summed E-state index contributed by atoms with van der Waals surface area (Å²) >= 11 is 3.20. The average Bonchev–Trinajstić information content (AvgIpc) is 3.18. The van der Waals surface area contributed by atoms with Gasteiger partial charge in [-0.1, -0.05) is 28.1 Å². The van der Waals surface area contributed by atoms with Crippen molar-refractivity contribution >= 4 is 31.9 Å². The molecule has 0 saturated carbocycles. The Morgan fingerprint density at radius 2 is 1.87 bits per heavy atom. The van der Waals surface area contributed by atoms with Gasteiger partial charge in [0.05, 0.1) is 18.6 Å². The maximum absolute atomic E-state index is 14.3. The fraction of sp³-hybridized carbons (Fsp3) is 0.200. The highest BCUT2D eigenvalue weighted by Crippen LogP contribution is 2.38. The molecule has 1 atom stereocenters. The highest BCUT2D eigenvalue weighted by Gasteiger charge is 2.28. The molecule has 1 heterocycles. The fourth-order valence-electron chi connectivity index (χ4n) is 2.76. The second-order valence-corrected chi connectivity index (χ2v) is 8.74. The number of carbonyl (C=O) groups excluding carboxylic acids is 1. The maximum atomic E-state index is 14.3. The second kappa shape index (κ2) is 9.16. The molecule has 31 heavy (non-hydrogen) atoms. The Kier molecular flexibility index (Phi) is 6.77. The van der Waals surface area contributed by atoms with E-state index in [1.54, 1.807) is 13.0 Å². The van der Waals surface area contributed by atoms with Crippen molar-refractivity contribution in [3.05, 3.63) is 54.2 Å². The van der Waals surface area contributed by atoms with E-state index in [1.807, 2.05) is 0 Å². The molecule has 0 spiro atoms. The molecule has 11 heteroatoms. The van der Waals surface area contributed by atoms with Gasteiger partial charge in [-0.15, -0.1) is 0 Å². The van der Waals surface area contributed by atoms with Crippen LogP contribution in [0.25, 0.3) is 22.6 Å². The van der Waals surface area contributed by atoms with Crippen LogP contribution in [-0.2, 0) is 19.6 Å². The van der Waals surface area contributed by atoms with Crippen molar-refractivity contribution in [3.8, 4) is 28.3 Å². The summed E-state index contributed by atoms with van der Waals surface area (Å²) < 4.78 is 53.1. The number of aromatic nitrogens is 1. The lowest BCUT2D eigenvalue weighted by atomic mass is 10.1. The molecule has 8 nitrogen and oxygen atoms in total. The number of rotatable bonds is 7. The summed E-state index contributed by atoms with van der Waals surface area (Å²) in [6.07, 6.45) is 0. The Hall–Kier alpha value is -2.76. The molecule has 0 bridgehead atoms.